The summed E-state index contributed by atoms with van der Waals surface area (Å²) in [5, 5.41) is 0. The molecule has 130 valence electrons. The fraction of sp³-hybridized carbons (Fsp3) is 0.600. The third kappa shape index (κ3) is 3.05. The van der Waals surface area contributed by atoms with E-state index in [1.807, 2.05) is 43.9 Å². The summed E-state index contributed by atoms with van der Waals surface area (Å²) >= 11 is 3.35. The van der Waals surface area contributed by atoms with Gasteiger partial charge in [0.15, 0.2) is 5.78 Å². The smallest absolute Gasteiger partial charge is 0.237 e. The molecule has 0 bridgehead atoms. The summed E-state index contributed by atoms with van der Waals surface area (Å²) in [6, 6.07) is 5.75. The van der Waals surface area contributed by atoms with Gasteiger partial charge in [-0.1, -0.05) is 35.2 Å². The lowest BCUT2D eigenvalue weighted by atomic mass is 9.85. The Morgan fingerprint density at radius 3 is 2.58 bits per heavy atom. The molecule has 4 heteroatoms. The molecule has 1 aromatic rings. The predicted molar refractivity (Wildman–Crippen MR) is 101 cm³/mol. The van der Waals surface area contributed by atoms with E-state index in [1.54, 1.807) is 0 Å². The van der Waals surface area contributed by atoms with E-state index in [4.69, 9.17) is 0 Å². The van der Waals surface area contributed by atoms with Gasteiger partial charge >= 0.3 is 0 Å². The summed E-state index contributed by atoms with van der Waals surface area (Å²) in [5.41, 5.74) is 2.10. The molecule has 0 N–H and O–H groups in total. The maximum absolute atomic E-state index is 13.0. The molecular weight excluding hydrogens is 366 g/mol. The van der Waals surface area contributed by atoms with Crippen LogP contribution in [0.1, 0.15) is 68.8 Å². The van der Waals surface area contributed by atoms with Crippen LogP contribution in [-0.4, -0.2) is 23.1 Å². The lowest BCUT2D eigenvalue weighted by Gasteiger charge is -2.28. The molecule has 3 nitrogen and oxygen atoms in total. The maximum atomic E-state index is 13.0. The van der Waals surface area contributed by atoms with Crippen molar-refractivity contribution in [2.45, 2.75) is 63.1 Å². The van der Waals surface area contributed by atoms with Crippen LogP contribution in [0.3, 0.4) is 0 Å². The van der Waals surface area contributed by atoms with E-state index in [0.29, 0.717) is 11.5 Å². The molecule has 1 aliphatic heterocycles. The zero-order chi connectivity index (χ0) is 17.5. The van der Waals surface area contributed by atoms with Crippen LogP contribution in [0.5, 0.6) is 0 Å². The molecule has 0 spiro atoms. The molecular formula is C20H26BrNO2. The van der Waals surface area contributed by atoms with Crippen molar-refractivity contribution in [1.29, 1.82) is 0 Å². The van der Waals surface area contributed by atoms with Gasteiger partial charge in [-0.3, -0.25) is 9.59 Å². The van der Waals surface area contributed by atoms with Crippen LogP contribution < -0.4 is 4.90 Å². The molecule has 1 amide bonds. The number of carbonyl (C=O) groups is 2. The van der Waals surface area contributed by atoms with Gasteiger partial charge in [-0.15, -0.1) is 0 Å². The molecule has 1 atom stereocenters. The quantitative estimate of drug-likeness (QED) is 0.542. The topological polar surface area (TPSA) is 37.4 Å². The fourth-order valence-corrected chi connectivity index (χ4v) is 4.29. The Hall–Kier alpha value is -1.16. The monoisotopic (exact) mass is 391 g/mol. The molecule has 2 aliphatic rings. The summed E-state index contributed by atoms with van der Waals surface area (Å²) in [7, 11) is 0. The van der Waals surface area contributed by atoms with E-state index in [0.717, 1.165) is 17.8 Å². The van der Waals surface area contributed by atoms with Crippen LogP contribution in [0.4, 0.5) is 5.69 Å². The standard InChI is InChI=1S/C20H26BrNO2/c1-13(21)18(23)15-9-10-17-16(11-15)20(2,3)19(24)22(17)12-14-7-5-4-6-8-14/h9-11,13-14H,4-8,12H2,1-3H3. The minimum absolute atomic E-state index is 0.0618. The van der Waals surface area contributed by atoms with E-state index in [2.05, 4.69) is 15.9 Å². The second kappa shape index (κ2) is 6.62. The third-order valence-electron chi connectivity index (χ3n) is 5.55. The van der Waals surface area contributed by atoms with Gasteiger partial charge in [-0.2, -0.15) is 0 Å². The van der Waals surface area contributed by atoms with Crippen molar-refractivity contribution in [3.8, 4) is 0 Å². The number of amides is 1. The molecule has 0 radical (unpaired) electrons. The fourth-order valence-electron chi connectivity index (χ4n) is 4.03. The highest BCUT2D eigenvalue weighted by atomic mass is 79.9. The first kappa shape index (κ1) is 17.7. The lowest BCUT2D eigenvalue weighted by molar-refractivity contribution is -0.122. The van der Waals surface area contributed by atoms with Crippen molar-refractivity contribution in [1.82, 2.24) is 0 Å². The van der Waals surface area contributed by atoms with Crippen LogP contribution in [0.25, 0.3) is 0 Å². The van der Waals surface area contributed by atoms with E-state index < -0.39 is 5.41 Å². The molecule has 1 heterocycles. The first-order chi connectivity index (χ1) is 11.3. The van der Waals surface area contributed by atoms with Gasteiger partial charge in [0.1, 0.15) is 0 Å². The first-order valence-electron chi connectivity index (χ1n) is 8.97. The number of fused-ring (bicyclic) bond motifs is 1. The average Bonchev–Trinajstić information content (AvgIpc) is 2.76. The summed E-state index contributed by atoms with van der Waals surface area (Å²) in [6.45, 7) is 6.60. The number of Topliss-reactive ketones (excluding diaryl/α,β-unsaturated/α-hetero) is 1. The van der Waals surface area contributed by atoms with Gasteiger partial charge in [0.2, 0.25) is 5.91 Å². The second-order valence-electron chi connectivity index (χ2n) is 7.76. The van der Waals surface area contributed by atoms with Gasteiger partial charge in [-0.25, -0.2) is 0 Å². The Bertz CT molecular complexity index is 660. The highest BCUT2D eigenvalue weighted by molar-refractivity contribution is 9.10. The molecule has 1 aromatic carbocycles. The van der Waals surface area contributed by atoms with E-state index in [1.165, 1.54) is 32.1 Å². The average molecular weight is 392 g/mol. The number of halogens is 1. The predicted octanol–water partition coefficient (Wildman–Crippen LogP) is 4.86. The normalized spacial score (nSPS) is 21.7. The molecule has 1 aliphatic carbocycles. The van der Waals surface area contributed by atoms with E-state index in [-0.39, 0.29) is 16.5 Å². The largest absolute Gasteiger partial charge is 0.311 e. The van der Waals surface area contributed by atoms with Crippen molar-refractivity contribution < 1.29 is 9.59 Å². The number of hydrogen-bond acceptors (Lipinski definition) is 2. The van der Waals surface area contributed by atoms with Crippen molar-refractivity contribution >= 4 is 33.3 Å². The minimum Gasteiger partial charge on any atom is -0.311 e. The van der Waals surface area contributed by atoms with Crippen LogP contribution in [0.2, 0.25) is 0 Å². The zero-order valence-corrected chi connectivity index (χ0v) is 16.4. The number of carbonyl (C=O) groups excluding carboxylic acids is 2. The van der Waals surface area contributed by atoms with Crippen LogP contribution in [0, 0.1) is 5.92 Å². The molecule has 3 rings (SSSR count). The summed E-state index contributed by atoms with van der Waals surface area (Å²) in [5.74, 6) is 0.833. The van der Waals surface area contributed by atoms with Crippen LogP contribution in [0.15, 0.2) is 18.2 Å². The molecule has 1 fully saturated rings. The van der Waals surface area contributed by atoms with Crippen molar-refractivity contribution in [3.63, 3.8) is 0 Å². The summed E-state index contributed by atoms with van der Waals surface area (Å²) in [4.78, 5) is 27.0. The highest BCUT2D eigenvalue weighted by Gasteiger charge is 2.44. The lowest BCUT2D eigenvalue weighted by Crippen LogP contribution is -2.39. The molecule has 1 unspecified atom stereocenters. The Balaban J connectivity index is 1.93. The molecule has 1 saturated carbocycles. The Labute approximate surface area is 152 Å². The first-order valence-corrected chi connectivity index (χ1v) is 9.88. The van der Waals surface area contributed by atoms with Gasteiger partial charge < -0.3 is 4.90 Å². The molecule has 0 aromatic heterocycles. The highest BCUT2D eigenvalue weighted by Crippen LogP contribution is 2.43. The zero-order valence-electron chi connectivity index (χ0n) is 14.8. The van der Waals surface area contributed by atoms with Gasteiger partial charge in [0.25, 0.3) is 0 Å². The van der Waals surface area contributed by atoms with Crippen LogP contribution >= 0.6 is 15.9 Å². The van der Waals surface area contributed by atoms with Gasteiger partial charge in [-0.05, 0) is 63.3 Å². The number of anilines is 1. The van der Waals surface area contributed by atoms with Crippen molar-refractivity contribution in [3.05, 3.63) is 29.3 Å². The summed E-state index contributed by atoms with van der Waals surface area (Å²) < 4.78 is 0. The number of alkyl halides is 1. The summed E-state index contributed by atoms with van der Waals surface area (Å²) in [6.07, 6.45) is 6.32. The van der Waals surface area contributed by atoms with Gasteiger partial charge in [0, 0.05) is 17.8 Å². The number of benzene rings is 1. The molecule has 0 saturated heterocycles. The van der Waals surface area contributed by atoms with Crippen LogP contribution in [-0.2, 0) is 10.2 Å². The Morgan fingerprint density at radius 2 is 1.96 bits per heavy atom. The minimum atomic E-state index is -0.560. The number of ketones is 1. The number of hydrogen-bond donors (Lipinski definition) is 0. The maximum Gasteiger partial charge on any atom is 0.237 e. The van der Waals surface area contributed by atoms with E-state index >= 15 is 0 Å². The molecule has 24 heavy (non-hydrogen) atoms. The Morgan fingerprint density at radius 1 is 1.29 bits per heavy atom. The number of rotatable bonds is 4. The third-order valence-corrected chi connectivity index (χ3v) is 5.97. The van der Waals surface area contributed by atoms with Crippen molar-refractivity contribution in [2.24, 2.45) is 5.92 Å². The second-order valence-corrected chi connectivity index (χ2v) is 9.13. The van der Waals surface area contributed by atoms with Gasteiger partial charge in [0.05, 0.1) is 10.2 Å². The Kier molecular flexibility index (Phi) is 4.87. The van der Waals surface area contributed by atoms with E-state index in [9.17, 15) is 9.59 Å². The van der Waals surface area contributed by atoms with Crippen molar-refractivity contribution in [2.75, 3.05) is 11.4 Å². The SMILES string of the molecule is CC(Br)C(=O)c1ccc2c(c1)C(C)(C)C(=O)N2CC1CCCCC1. The number of nitrogens with zero attached hydrogens (tertiary/aromatic N) is 1.